The van der Waals surface area contributed by atoms with Gasteiger partial charge in [0.25, 0.3) is 5.56 Å². The van der Waals surface area contributed by atoms with Gasteiger partial charge in [0.2, 0.25) is 5.43 Å². The number of phenols is 1. The van der Waals surface area contributed by atoms with Crippen LogP contribution in [0.3, 0.4) is 0 Å². The number of aromatic hydroxyl groups is 1. The largest absolute Gasteiger partial charge is 0.508 e. The minimum atomic E-state index is -0.292. The van der Waals surface area contributed by atoms with Gasteiger partial charge in [-0.25, -0.2) is 0 Å². The number of hydrogen-bond acceptors (Lipinski definition) is 4. The zero-order valence-corrected chi connectivity index (χ0v) is 15.2. The van der Waals surface area contributed by atoms with E-state index in [0.29, 0.717) is 45.3 Å². The number of pyridine rings is 1. The zero-order valence-electron chi connectivity index (χ0n) is 15.2. The molecule has 0 fully saturated rings. The molecule has 142 valence electrons. The lowest BCUT2D eigenvalue weighted by atomic mass is 10.1. The van der Waals surface area contributed by atoms with Gasteiger partial charge >= 0.3 is 0 Å². The number of aromatic amines is 2. The highest BCUT2D eigenvalue weighted by molar-refractivity contribution is 5.99. The van der Waals surface area contributed by atoms with Crippen molar-refractivity contribution in [3.05, 3.63) is 98.7 Å². The molecule has 29 heavy (non-hydrogen) atoms. The van der Waals surface area contributed by atoms with Gasteiger partial charge in [-0.1, -0.05) is 24.3 Å². The van der Waals surface area contributed by atoms with E-state index in [-0.39, 0.29) is 16.7 Å². The maximum Gasteiger partial charge on any atom is 0.257 e. The first kappa shape index (κ1) is 17.1. The van der Waals surface area contributed by atoms with Crippen LogP contribution in [0.4, 0.5) is 0 Å². The highest BCUT2D eigenvalue weighted by atomic mass is 16.3. The quantitative estimate of drug-likeness (QED) is 0.439. The molecule has 0 spiro atoms. The second kappa shape index (κ2) is 6.53. The average molecular weight is 384 g/mol. The number of phenolic OH excluding ortho intramolecular Hbond substituents is 1. The lowest BCUT2D eigenvalue weighted by molar-refractivity contribution is 0.475. The predicted molar refractivity (Wildman–Crippen MR) is 111 cm³/mol. The standard InChI is InChI=1S/C23H16N2O4/c26-14-9-7-13(8-10-14)12-17-22-19(20(25-17)16-5-3-11-24-23(16)28)21(27)15-4-1-2-6-18(15)29-22/h1-11,25-26H,12H2,(H,24,28). The van der Waals surface area contributed by atoms with Crippen LogP contribution in [0.1, 0.15) is 11.3 Å². The summed E-state index contributed by atoms with van der Waals surface area (Å²) in [5, 5.41) is 10.3. The molecule has 0 saturated carbocycles. The van der Waals surface area contributed by atoms with Crippen LogP contribution >= 0.6 is 0 Å². The number of para-hydroxylation sites is 1. The van der Waals surface area contributed by atoms with Gasteiger partial charge in [-0.15, -0.1) is 0 Å². The zero-order chi connectivity index (χ0) is 20.0. The van der Waals surface area contributed by atoms with E-state index in [1.807, 2.05) is 6.07 Å². The van der Waals surface area contributed by atoms with Crippen molar-refractivity contribution in [2.45, 2.75) is 6.42 Å². The van der Waals surface area contributed by atoms with E-state index in [1.165, 1.54) is 0 Å². The van der Waals surface area contributed by atoms with Crippen molar-refractivity contribution in [3.8, 4) is 17.0 Å². The summed E-state index contributed by atoms with van der Waals surface area (Å²) in [6.07, 6.45) is 2.00. The molecule has 5 rings (SSSR count). The number of rotatable bonds is 3. The molecule has 3 aromatic heterocycles. The van der Waals surface area contributed by atoms with Crippen molar-refractivity contribution >= 4 is 21.9 Å². The Balaban J connectivity index is 1.83. The number of H-pyrrole nitrogens is 2. The van der Waals surface area contributed by atoms with Gasteiger partial charge in [-0.2, -0.15) is 0 Å². The lowest BCUT2D eigenvalue weighted by Gasteiger charge is -2.02. The number of aromatic nitrogens is 2. The summed E-state index contributed by atoms with van der Waals surface area (Å²) in [6.45, 7) is 0. The van der Waals surface area contributed by atoms with Crippen LogP contribution in [0.25, 0.3) is 33.2 Å². The summed E-state index contributed by atoms with van der Waals surface area (Å²) < 4.78 is 6.10. The van der Waals surface area contributed by atoms with Gasteiger partial charge in [-0.3, -0.25) is 9.59 Å². The highest BCUT2D eigenvalue weighted by Gasteiger charge is 2.21. The molecule has 3 heterocycles. The molecule has 5 aromatic rings. The monoisotopic (exact) mass is 384 g/mol. The molecule has 0 amide bonds. The van der Waals surface area contributed by atoms with Crippen LogP contribution in [0.5, 0.6) is 5.75 Å². The Hall–Kier alpha value is -4.06. The molecule has 0 unspecified atom stereocenters. The summed E-state index contributed by atoms with van der Waals surface area (Å²) in [5.41, 5.74) is 2.87. The fraction of sp³-hybridized carbons (Fsp3) is 0.0435. The fourth-order valence-electron chi connectivity index (χ4n) is 3.61. The smallest absolute Gasteiger partial charge is 0.257 e. The first-order valence-electron chi connectivity index (χ1n) is 9.14. The fourth-order valence-corrected chi connectivity index (χ4v) is 3.61. The van der Waals surface area contributed by atoms with Gasteiger partial charge in [0, 0.05) is 12.6 Å². The normalized spacial score (nSPS) is 11.3. The molecule has 0 radical (unpaired) electrons. The Bertz CT molecular complexity index is 1470. The molecule has 2 aromatic carbocycles. The molecule has 0 bridgehead atoms. The van der Waals surface area contributed by atoms with E-state index in [2.05, 4.69) is 9.97 Å². The summed E-state index contributed by atoms with van der Waals surface area (Å²) >= 11 is 0. The first-order valence-corrected chi connectivity index (χ1v) is 9.14. The second-order valence-corrected chi connectivity index (χ2v) is 6.87. The van der Waals surface area contributed by atoms with Crippen LogP contribution in [0.15, 0.2) is 80.9 Å². The Morgan fingerprint density at radius 2 is 1.72 bits per heavy atom. The van der Waals surface area contributed by atoms with Crippen molar-refractivity contribution < 1.29 is 9.52 Å². The third kappa shape index (κ3) is 2.82. The summed E-state index contributed by atoms with van der Waals surface area (Å²) in [4.78, 5) is 31.6. The molecule has 0 aliphatic heterocycles. The van der Waals surface area contributed by atoms with Gasteiger partial charge in [0.1, 0.15) is 11.3 Å². The molecular formula is C23H16N2O4. The van der Waals surface area contributed by atoms with E-state index in [1.54, 1.807) is 60.8 Å². The molecule has 0 aliphatic rings. The van der Waals surface area contributed by atoms with Gasteiger partial charge < -0.3 is 19.5 Å². The van der Waals surface area contributed by atoms with E-state index in [9.17, 15) is 14.7 Å². The van der Waals surface area contributed by atoms with E-state index >= 15 is 0 Å². The number of hydrogen-bond donors (Lipinski definition) is 3. The number of nitrogens with one attached hydrogen (secondary N) is 2. The Morgan fingerprint density at radius 1 is 0.931 bits per heavy atom. The van der Waals surface area contributed by atoms with Gasteiger partial charge in [-0.05, 0) is 42.0 Å². The Kier molecular flexibility index (Phi) is 3.84. The van der Waals surface area contributed by atoms with Crippen molar-refractivity contribution in [3.63, 3.8) is 0 Å². The molecule has 0 atom stereocenters. The van der Waals surface area contributed by atoms with Crippen molar-refractivity contribution in [2.75, 3.05) is 0 Å². The average Bonchev–Trinajstić information content (AvgIpc) is 3.08. The molecule has 3 N–H and O–H groups in total. The highest BCUT2D eigenvalue weighted by Crippen LogP contribution is 2.31. The predicted octanol–water partition coefficient (Wildman–Crippen LogP) is 3.93. The molecule has 0 aliphatic carbocycles. The summed E-state index contributed by atoms with van der Waals surface area (Å²) in [7, 11) is 0. The van der Waals surface area contributed by atoms with E-state index in [0.717, 1.165) is 5.56 Å². The third-order valence-electron chi connectivity index (χ3n) is 5.00. The second-order valence-electron chi connectivity index (χ2n) is 6.87. The Labute approximate surface area is 164 Å². The van der Waals surface area contributed by atoms with Crippen LogP contribution in [0, 0.1) is 0 Å². The Morgan fingerprint density at radius 3 is 2.52 bits per heavy atom. The minimum Gasteiger partial charge on any atom is -0.508 e. The molecule has 6 nitrogen and oxygen atoms in total. The molecule has 0 saturated heterocycles. The van der Waals surface area contributed by atoms with Crippen LogP contribution in [-0.4, -0.2) is 15.1 Å². The van der Waals surface area contributed by atoms with Crippen LogP contribution in [-0.2, 0) is 6.42 Å². The van der Waals surface area contributed by atoms with Crippen LogP contribution in [0.2, 0.25) is 0 Å². The first-order chi connectivity index (χ1) is 14.1. The van der Waals surface area contributed by atoms with Gasteiger partial charge in [0.05, 0.1) is 27.7 Å². The van der Waals surface area contributed by atoms with E-state index in [4.69, 9.17) is 4.42 Å². The summed E-state index contributed by atoms with van der Waals surface area (Å²) in [5.74, 6) is 0.180. The summed E-state index contributed by atoms with van der Waals surface area (Å²) in [6, 6.07) is 17.3. The number of fused-ring (bicyclic) bond motifs is 2. The maximum atomic E-state index is 13.3. The topological polar surface area (TPSA) is 99.1 Å². The van der Waals surface area contributed by atoms with Crippen molar-refractivity contribution in [1.29, 1.82) is 0 Å². The van der Waals surface area contributed by atoms with E-state index < -0.39 is 0 Å². The SMILES string of the molecule is O=c1[nH]cccc1-c1[nH]c(Cc2ccc(O)cc2)c2oc3ccccc3c(=O)c12. The third-order valence-corrected chi connectivity index (χ3v) is 5.00. The molecule has 6 heteroatoms. The molecular weight excluding hydrogens is 368 g/mol. The maximum absolute atomic E-state index is 13.3. The van der Waals surface area contributed by atoms with Crippen molar-refractivity contribution in [2.24, 2.45) is 0 Å². The minimum absolute atomic E-state index is 0.180. The number of benzene rings is 2. The van der Waals surface area contributed by atoms with Crippen molar-refractivity contribution in [1.82, 2.24) is 9.97 Å². The lowest BCUT2D eigenvalue weighted by Crippen LogP contribution is -2.09. The van der Waals surface area contributed by atoms with Crippen LogP contribution < -0.4 is 11.0 Å². The van der Waals surface area contributed by atoms with Gasteiger partial charge in [0.15, 0.2) is 5.58 Å².